The Morgan fingerprint density at radius 3 is 2.56 bits per heavy atom. The molecule has 0 unspecified atom stereocenters. The van der Waals surface area contributed by atoms with E-state index >= 15 is 0 Å². The molecule has 0 saturated heterocycles. The Bertz CT molecular complexity index is 528. The van der Waals surface area contributed by atoms with Crippen molar-refractivity contribution in [3.8, 4) is 5.75 Å². The first-order valence-electron chi connectivity index (χ1n) is 5.50. The van der Waals surface area contributed by atoms with Crippen molar-refractivity contribution in [1.29, 1.82) is 0 Å². The zero-order valence-corrected chi connectivity index (χ0v) is 12.1. The van der Waals surface area contributed by atoms with Gasteiger partial charge in [-0.05, 0) is 46.4 Å². The average Bonchev–Trinajstić information content (AvgIpc) is 2.37. The van der Waals surface area contributed by atoms with Crippen molar-refractivity contribution in [2.24, 2.45) is 0 Å². The van der Waals surface area contributed by atoms with Crippen LogP contribution in [0, 0.1) is 9.39 Å². The largest absolute Gasteiger partial charge is 0.497 e. The second kappa shape index (κ2) is 6.04. The SMILES string of the molecule is COc1cc(F)cc(NCc2ccc(I)cc2)c1. The molecular weight excluding hydrogens is 344 g/mol. The van der Waals surface area contributed by atoms with Gasteiger partial charge in [-0.25, -0.2) is 4.39 Å². The van der Waals surface area contributed by atoms with Crippen molar-refractivity contribution in [2.75, 3.05) is 12.4 Å². The summed E-state index contributed by atoms with van der Waals surface area (Å²) in [4.78, 5) is 0. The van der Waals surface area contributed by atoms with Crippen LogP contribution < -0.4 is 10.1 Å². The maximum absolute atomic E-state index is 13.3. The van der Waals surface area contributed by atoms with E-state index in [1.54, 1.807) is 6.07 Å². The summed E-state index contributed by atoms with van der Waals surface area (Å²) < 4.78 is 19.5. The minimum absolute atomic E-state index is 0.306. The van der Waals surface area contributed by atoms with Crippen molar-refractivity contribution in [3.63, 3.8) is 0 Å². The number of anilines is 1. The Kier molecular flexibility index (Phi) is 4.41. The Labute approximate surface area is 119 Å². The molecule has 18 heavy (non-hydrogen) atoms. The second-order valence-corrected chi connectivity index (χ2v) is 5.11. The van der Waals surface area contributed by atoms with Gasteiger partial charge in [0.1, 0.15) is 11.6 Å². The number of hydrogen-bond donors (Lipinski definition) is 1. The van der Waals surface area contributed by atoms with Crippen LogP contribution in [0.15, 0.2) is 42.5 Å². The normalized spacial score (nSPS) is 10.2. The van der Waals surface area contributed by atoms with Gasteiger partial charge in [-0.2, -0.15) is 0 Å². The van der Waals surface area contributed by atoms with Crippen LogP contribution in [-0.4, -0.2) is 7.11 Å². The lowest BCUT2D eigenvalue weighted by Gasteiger charge is -2.08. The summed E-state index contributed by atoms with van der Waals surface area (Å²) in [7, 11) is 1.53. The van der Waals surface area contributed by atoms with Gasteiger partial charge in [0.15, 0.2) is 0 Å². The highest BCUT2D eigenvalue weighted by atomic mass is 127. The molecule has 2 aromatic carbocycles. The average molecular weight is 357 g/mol. The molecule has 2 rings (SSSR count). The molecular formula is C14H13FINO. The molecule has 0 saturated carbocycles. The van der Waals surface area contributed by atoms with Crippen molar-refractivity contribution >= 4 is 28.3 Å². The quantitative estimate of drug-likeness (QED) is 0.834. The van der Waals surface area contributed by atoms with E-state index in [4.69, 9.17) is 4.74 Å². The van der Waals surface area contributed by atoms with Crippen LogP contribution in [0.1, 0.15) is 5.56 Å². The summed E-state index contributed by atoms with van der Waals surface area (Å²) in [5.41, 5.74) is 1.86. The molecule has 94 valence electrons. The van der Waals surface area contributed by atoms with Gasteiger partial charge in [0.05, 0.1) is 7.11 Å². The summed E-state index contributed by atoms with van der Waals surface area (Å²) in [5, 5.41) is 3.17. The third-order valence-corrected chi connectivity index (χ3v) is 3.24. The van der Waals surface area contributed by atoms with Crippen LogP contribution in [0.25, 0.3) is 0 Å². The van der Waals surface area contributed by atoms with Crippen LogP contribution in [0.4, 0.5) is 10.1 Å². The van der Waals surface area contributed by atoms with E-state index in [2.05, 4.69) is 27.9 Å². The molecule has 0 aliphatic carbocycles. The van der Waals surface area contributed by atoms with Crippen molar-refractivity contribution < 1.29 is 9.13 Å². The molecule has 1 N–H and O–H groups in total. The molecule has 0 aliphatic rings. The highest BCUT2D eigenvalue weighted by Crippen LogP contribution is 2.20. The van der Waals surface area contributed by atoms with E-state index in [-0.39, 0.29) is 5.82 Å². The Hall–Kier alpha value is -1.30. The van der Waals surface area contributed by atoms with Gasteiger partial charge in [0.2, 0.25) is 0 Å². The molecule has 0 amide bonds. The van der Waals surface area contributed by atoms with E-state index < -0.39 is 0 Å². The van der Waals surface area contributed by atoms with Gasteiger partial charge in [-0.3, -0.25) is 0 Å². The molecule has 0 bridgehead atoms. The lowest BCUT2D eigenvalue weighted by atomic mass is 10.2. The maximum atomic E-state index is 13.3. The van der Waals surface area contributed by atoms with Crippen LogP contribution in [0.2, 0.25) is 0 Å². The predicted molar refractivity (Wildman–Crippen MR) is 79.4 cm³/mol. The molecule has 0 aliphatic heterocycles. The smallest absolute Gasteiger partial charge is 0.128 e. The van der Waals surface area contributed by atoms with Crippen molar-refractivity contribution in [1.82, 2.24) is 0 Å². The van der Waals surface area contributed by atoms with Crippen LogP contribution >= 0.6 is 22.6 Å². The Morgan fingerprint density at radius 2 is 1.89 bits per heavy atom. The lowest BCUT2D eigenvalue weighted by molar-refractivity contribution is 0.411. The van der Waals surface area contributed by atoms with E-state index in [0.717, 1.165) is 5.56 Å². The van der Waals surface area contributed by atoms with Gasteiger partial charge in [0, 0.05) is 27.9 Å². The van der Waals surface area contributed by atoms with Gasteiger partial charge < -0.3 is 10.1 Å². The fourth-order valence-electron chi connectivity index (χ4n) is 1.59. The van der Waals surface area contributed by atoms with Gasteiger partial charge >= 0.3 is 0 Å². The number of halogens is 2. The van der Waals surface area contributed by atoms with Gasteiger partial charge in [-0.15, -0.1) is 0 Å². The molecule has 0 aromatic heterocycles. The summed E-state index contributed by atoms with van der Waals surface area (Å²) in [6, 6.07) is 12.8. The van der Waals surface area contributed by atoms with E-state index in [1.807, 2.05) is 24.3 Å². The first-order chi connectivity index (χ1) is 8.67. The Morgan fingerprint density at radius 1 is 1.17 bits per heavy atom. The molecule has 2 nitrogen and oxygen atoms in total. The van der Waals surface area contributed by atoms with Crippen LogP contribution in [0.3, 0.4) is 0 Å². The number of methoxy groups -OCH3 is 1. The standard InChI is InChI=1S/C14H13FINO/c1-18-14-7-11(15)6-13(8-14)17-9-10-2-4-12(16)5-3-10/h2-8,17H,9H2,1H3. The molecule has 0 radical (unpaired) electrons. The highest BCUT2D eigenvalue weighted by molar-refractivity contribution is 14.1. The fourth-order valence-corrected chi connectivity index (χ4v) is 1.95. The molecule has 0 atom stereocenters. The van der Waals surface area contributed by atoms with Crippen molar-refractivity contribution in [3.05, 3.63) is 57.4 Å². The van der Waals surface area contributed by atoms with Crippen LogP contribution in [-0.2, 0) is 6.54 Å². The van der Waals surface area contributed by atoms with E-state index in [9.17, 15) is 4.39 Å². The Balaban J connectivity index is 2.05. The molecule has 0 fully saturated rings. The molecule has 0 spiro atoms. The fraction of sp³-hybridized carbons (Fsp3) is 0.143. The van der Waals surface area contributed by atoms with Gasteiger partial charge in [0.25, 0.3) is 0 Å². The minimum Gasteiger partial charge on any atom is -0.497 e. The number of nitrogens with one attached hydrogen (secondary N) is 1. The monoisotopic (exact) mass is 357 g/mol. The highest BCUT2D eigenvalue weighted by Gasteiger charge is 2.01. The molecule has 0 heterocycles. The minimum atomic E-state index is -0.306. The lowest BCUT2D eigenvalue weighted by Crippen LogP contribution is -2.00. The summed E-state index contributed by atoms with van der Waals surface area (Å²) in [6.45, 7) is 0.656. The third-order valence-electron chi connectivity index (χ3n) is 2.52. The van der Waals surface area contributed by atoms with E-state index in [1.165, 1.54) is 22.8 Å². The van der Waals surface area contributed by atoms with Crippen molar-refractivity contribution in [2.45, 2.75) is 6.54 Å². The molecule has 2 aromatic rings. The summed E-state index contributed by atoms with van der Waals surface area (Å²) >= 11 is 2.26. The number of hydrogen-bond acceptors (Lipinski definition) is 2. The van der Waals surface area contributed by atoms with E-state index in [0.29, 0.717) is 18.0 Å². The predicted octanol–water partition coefficient (Wildman–Crippen LogP) is 4.05. The maximum Gasteiger partial charge on any atom is 0.128 e. The number of rotatable bonds is 4. The number of ether oxygens (including phenoxy) is 1. The second-order valence-electron chi connectivity index (χ2n) is 3.86. The number of benzene rings is 2. The zero-order chi connectivity index (χ0) is 13.0. The van der Waals surface area contributed by atoms with Gasteiger partial charge in [-0.1, -0.05) is 12.1 Å². The first kappa shape index (κ1) is 13.1. The summed E-state index contributed by atoms with van der Waals surface area (Å²) in [5.74, 6) is 0.208. The third kappa shape index (κ3) is 3.60. The molecule has 4 heteroatoms. The van der Waals surface area contributed by atoms with Crippen LogP contribution in [0.5, 0.6) is 5.75 Å². The summed E-state index contributed by atoms with van der Waals surface area (Å²) in [6.07, 6.45) is 0. The first-order valence-corrected chi connectivity index (χ1v) is 6.58. The zero-order valence-electron chi connectivity index (χ0n) is 9.91. The topological polar surface area (TPSA) is 21.3 Å².